The first-order valence-corrected chi connectivity index (χ1v) is 9.98. The van der Waals surface area contributed by atoms with Crippen molar-refractivity contribution in [2.45, 2.75) is 13.8 Å². The molecule has 4 rings (SSSR count). The third kappa shape index (κ3) is 4.74. The number of ether oxygens (including phenoxy) is 1. The largest absolute Gasteiger partial charge is 0.494 e. The van der Waals surface area contributed by atoms with Crippen LogP contribution < -0.4 is 19.9 Å². The van der Waals surface area contributed by atoms with Gasteiger partial charge in [0.25, 0.3) is 0 Å². The van der Waals surface area contributed by atoms with Crippen LogP contribution in [0.3, 0.4) is 0 Å². The summed E-state index contributed by atoms with van der Waals surface area (Å²) in [5.74, 6) is 3.45. The molecule has 3 heterocycles. The van der Waals surface area contributed by atoms with Crippen molar-refractivity contribution in [3.8, 4) is 5.75 Å². The number of hydrogen-bond donors (Lipinski definition) is 1. The molecule has 3 aromatic rings. The molecule has 0 radical (unpaired) electrons. The molecule has 150 valence electrons. The average molecular weight is 390 g/mol. The number of pyridine rings is 1. The second kappa shape index (κ2) is 8.77. The maximum absolute atomic E-state index is 5.50. The Labute approximate surface area is 171 Å². The van der Waals surface area contributed by atoms with Gasteiger partial charge in [-0.15, -0.1) is 0 Å². The summed E-state index contributed by atoms with van der Waals surface area (Å²) in [7, 11) is 0. The number of aryl methyl sites for hydroxylation is 1. The van der Waals surface area contributed by atoms with Gasteiger partial charge in [-0.1, -0.05) is 6.07 Å². The smallest absolute Gasteiger partial charge is 0.227 e. The first-order valence-electron chi connectivity index (χ1n) is 9.98. The van der Waals surface area contributed by atoms with Crippen LogP contribution in [0.1, 0.15) is 12.6 Å². The second-order valence-corrected chi connectivity index (χ2v) is 6.94. The molecule has 0 saturated carbocycles. The van der Waals surface area contributed by atoms with Crippen molar-refractivity contribution >= 4 is 23.3 Å². The van der Waals surface area contributed by atoms with Gasteiger partial charge < -0.3 is 19.9 Å². The monoisotopic (exact) mass is 390 g/mol. The van der Waals surface area contributed by atoms with Crippen LogP contribution >= 0.6 is 0 Å². The molecule has 1 fully saturated rings. The highest BCUT2D eigenvalue weighted by Gasteiger charge is 2.20. The van der Waals surface area contributed by atoms with Crippen molar-refractivity contribution in [3.63, 3.8) is 0 Å². The molecule has 1 saturated heterocycles. The molecule has 7 nitrogen and oxygen atoms in total. The Morgan fingerprint density at radius 3 is 2.41 bits per heavy atom. The minimum absolute atomic E-state index is 0.662. The van der Waals surface area contributed by atoms with Crippen molar-refractivity contribution in [3.05, 3.63) is 60.4 Å². The van der Waals surface area contributed by atoms with Crippen LogP contribution in [0.15, 0.2) is 54.7 Å². The number of rotatable bonds is 6. The second-order valence-electron chi connectivity index (χ2n) is 6.94. The van der Waals surface area contributed by atoms with Crippen molar-refractivity contribution < 1.29 is 4.74 Å². The molecule has 0 unspecified atom stereocenters. The highest BCUT2D eigenvalue weighted by molar-refractivity contribution is 5.59. The van der Waals surface area contributed by atoms with E-state index in [1.54, 1.807) is 0 Å². The maximum Gasteiger partial charge on any atom is 0.227 e. The molecule has 1 N–H and O–H groups in total. The molecular formula is C22H26N6O. The normalized spacial score (nSPS) is 14.0. The lowest BCUT2D eigenvalue weighted by Crippen LogP contribution is -2.47. The van der Waals surface area contributed by atoms with E-state index in [2.05, 4.69) is 31.2 Å². The fourth-order valence-electron chi connectivity index (χ4n) is 3.38. The van der Waals surface area contributed by atoms with Gasteiger partial charge in [0.1, 0.15) is 17.4 Å². The van der Waals surface area contributed by atoms with Crippen molar-refractivity contribution in [1.82, 2.24) is 15.0 Å². The molecule has 0 amide bonds. The van der Waals surface area contributed by atoms with E-state index in [4.69, 9.17) is 9.72 Å². The van der Waals surface area contributed by atoms with E-state index in [1.807, 2.05) is 62.5 Å². The van der Waals surface area contributed by atoms with E-state index in [0.29, 0.717) is 6.61 Å². The summed E-state index contributed by atoms with van der Waals surface area (Å²) in [5.41, 5.74) is 1.91. The van der Waals surface area contributed by atoms with Gasteiger partial charge in [0.15, 0.2) is 0 Å². The number of aromatic nitrogens is 3. The Balaban J connectivity index is 1.43. The minimum atomic E-state index is 0.662. The van der Waals surface area contributed by atoms with Gasteiger partial charge in [-0.3, -0.25) is 0 Å². The van der Waals surface area contributed by atoms with Gasteiger partial charge in [0, 0.05) is 49.8 Å². The molecular weight excluding hydrogens is 364 g/mol. The Bertz CT molecular complexity index is 924. The van der Waals surface area contributed by atoms with E-state index in [9.17, 15) is 0 Å². The van der Waals surface area contributed by atoms with Gasteiger partial charge in [-0.05, 0) is 50.2 Å². The Hall–Kier alpha value is -3.35. The molecule has 1 aliphatic heterocycles. The summed E-state index contributed by atoms with van der Waals surface area (Å²) in [6.07, 6.45) is 1.84. The number of anilines is 4. The van der Waals surface area contributed by atoms with E-state index in [0.717, 1.165) is 60.9 Å². The fraction of sp³-hybridized carbons (Fsp3) is 0.318. The summed E-state index contributed by atoms with van der Waals surface area (Å²) < 4.78 is 5.50. The molecule has 2 aromatic heterocycles. The predicted octanol–water partition coefficient (Wildman–Crippen LogP) is 3.65. The first-order chi connectivity index (χ1) is 14.2. The SMILES string of the molecule is CCOc1ccc(Nc2cc(C)nc(N3CCN(c4ccccn4)CC3)n2)cc1. The Morgan fingerprint density at radius 1 is 0.966 bits per heavy atom. The zero-order valence-electron chi connectivity index (χ0n) is 16.9. The Kier molecular flexibility index (Phi) is 5.74. The zero-order chi connectivity index (χ0) is 20.1. The van der Waals surface area contributed by atoms with Crippen LogP contribution in [0, 0.1) is 6.92 Å². The molecule has 1 aromatic carbocycles. The van der Waals surface area contributed by atoms with Gasteiger partial charge in [-0.2, -0.15) is 4.98 Å². The van der Waals surface area contributed by atoms with E-state index in [1.165, 1.54) is 0 Å². The standard InChI is InChI=1S/C22H26N6O/c1-3-29-19-9-7-18(8-10-19)25-20-16-17(2)24-22(26-20)28-14-12-27(13-15-28)21-6-4-5-11-23-21/h4-11,16H,3,12-15H2,1-2H3,(H,24,25,26). The van der Waals surface area contributed by atoms with Gasteiger partial charge >= 0.3 is 0 Å². The third-order valence-electron chi connectivity index (χ3n) is 4.82. The fourth-order valence-corrected chi connectivity index (χ4v) is 3.38. The summed E-state index contributed by atoms with van der Waals surface area (Å²) in [6.45, 7) is 8.16. The lowest BCUT2D eigenvalue weighted by Gasteiger charge is -2.35. The van der Waals surface area contributed by atoms with Crippen molar-refractivity contribution in [1.29, 1.82) is 0 Å². The van der Waals surface area contributed by atoms with Crippen LogP contribution in [-0.4, -0.2) is 47.7 Å². The third-order valence-corrected chi connectivity index (χ3v) is 4.82. The van der Waals surface area contributed by atoms with Crippen molar-refractivity contribution in [2.75, 3.05) is 47.9 Å². The molecule has 0 atom stereocenters. The van der Waals surface area contributed by atoms with E-state index < -0.39 is 0 Å². The number of hydrogen-bond acceptors (Lipinski definition) is 7. The van der Waals surface area contributed by atoms with Crippen LogP contribution in [0.25, 0.3) is 0 Å². The van der Waals surface area contributed by atoms with Gasteiger partial charge in [0.2, 0.25) is 5.95 Å². The van der Waals surface area contributed by atoms with Crippen LogP contribution in [0.2, 0.25) is 0 Å². The van der Waals surface area contributed by atoms with Crippen LogP contribution in [-0.2, 0) is 0 Å². The molecule has 0 aliphatic carbocycles. The number of nitrogens with one attached hydrogen (secondary N) is 1. The summed E-state index contributed by atoms with van der Waals surface area (Å²) in [6, 6.07) is 15.9. The van der Waals surface area contributed by atoms with Crippen molar-refractivity contribution in [2.24, 2.45) is 0 Å². The number of nitrogens with zero attached hydrogens (tertiary/aromatic N) is 5. The van der Waals surface area contributed by atoms with E-state index in [-0.39, 0.29) is 0 Å². The lowest BCUT2D eigenvalue weighted by atomic mass is 10.3. The highest BCUT2D eigenvalue weighted by atomic mass is 16.5. The first kappa shape index (κ1) is 19.0. The summed E-state index contributed by atoms with van der Waals surface area (Å²) >= 11 is 0. The topological polar surface area (TPSA) is 66.4 Å². The molecule has 29 heavy (non-hydrogen) atoms. The molecule has 7 heteroatoms. The molecule has 0 bridgehead atoms. The lowest BCUT2D eigenvalue weighted by molar-refractivity contribution is 0.340. The molecule has 0 spiro atoms. The average Bonchev–Trinajstić information content (AvgIpc) is 2.76. The Morgan fingerprint density at radius 2 is 1.72 bits per heavy atom. The highest BCUT2D eigenvalue weighted by Crippen LogP contribution is 2.22. The maximum atomic E-state index is 5.50. The van der Waals surface area contributed by atoms with Gasteiger partial charge in [0.05, 0.1) is 6.61 Å². The van der Waals surface area contributed by atoms with Crippen LogP contribution in [0.4, 0.5) is 23.3 Å². The minimum Gasteiger partial charge on any atom is -0.494 e. The quantitative estimate of drug-likeness (QED) is 0.689. The predicted molar refractivity (Wildman–Crippen MR) is 116 cm³/mol. The van der Waals surface area contributed by atoms with Gasteiger partial charge in [-0.25, -0.2) is 9.97 Å². The van der Waals surface area contributed by atoms with Crippen LogP contribution in [0.5, 0.6) is 5.75 Å². The number of piperazine rings is 1. The number of benzene rings is 1. The summed E-state index contributed by atoms with van der Waals surface area (Å²) in [4.78, 5) is 18.4. The summed E-state index contributed by atoms with van der Waals surface area (Å²) in [5, 5.41) is 3.37. The van der Waals surface area contributed by atoms with E-state index >= 15 is 0 Å². The zero-order valence-corrected chi connectivity index (χ0v) is 16.9. The molecule has 1 aliphatic rings.